The highest BCUT2D eigenvalue weighted by Crippen LogP contribution is 2.20. The molecule has 2 rings (SSSR count). The molecule has 0 atom stereocenters. The summed E-state index contributed by atoms with van der Waals surface area (Å²) in [6, 6.07) is 8.72. The molecule has 0 spiro atoms. The zero-order chi connectivity index (χ0) is 13.1. The van der Waals surface area contributed by atoms with Gasteiger partial charge in [0.1, 0.15) is 17.4 Å². The quantitative estimate of drug-likeness (QED) is 0.925. The summed E-state index contributed by atoms with van der Waals surface area (Å²) in [6.45, 7) is 0. The predicted molar refractivity (Wildman–Crippen MR) is 65.5 cm³/mol. The van der Waals surface area contributed by atoms with Crippen LogP contribution < -0.4 is 5.32 Å². The van der Waals surface area contributed by atoms with Crippen molar-refractivity contribution in [3.63, 3.8) is 0 Å². The third kappa shape index (κ3) is 2.41. The van der Waals surface area contributed by atoms with E-state index in [0.29, 0.717) is 4.67 Å². The summed E-state index contributed by atoms with van der Waals surface area (Å²) in [6.07, 6.45) is 0. The first kappa shape index (κ1) is 12.3. The van der Waals surface area contributed by atoms with E-state index in [1.165, 1.54) is 18.2 Å². The topological polar surface area (TPSA) is 66.0 Å². The molecule has 1 amide bonds. The minimum atomic E-state index is -0.684. The Morgan fingerprint density at radius 1 is 1.39 bits per heavy atom. The van der Waals surface area contributed by atoms with Crippen LogP contribution in [0.4, 0.5) is 10.1 Å². The number of nitrogens with one attached hydrogen (secondary N) is 1. The SMILES string of the molecule is N#Cc1c(F)cccc1NC(=O)c1ccc(Br)o1. The number of rotatable bonds is 2. The fraction of sp³-hybridized carbons (Fsp3) is 0. The number of hydrogen-bond donors (Lipinski definition) is 1. The van der Waals surface area contributed by atoms with E-state index >= 15 is 0 Å². The van der Waals surface area contributed by atoms with E-state index in [-0.39, 0.29) is 17.0 Å². The summed E-state index contributed by atoms with van der Waals surface area (Å²) in [4.78, 5) is 11.7. The number of benzene rings is 1. The number of halogens is 2. The molecule has 1 aromatic heterocycles. The molecule has 1 N–H and O–H groups in total. The van der Waals surface area contributed by atoms with Crippen molar-refractivity contribution in [1.82, 2.24) is 0 Å². The standard InChI is InChI=1S/C12H6BrFN2O2/c13-11-5-4-10(18-11)12(17)16-9-3-1-2-8(14)7(9)6-15/h1-5H,(H,16,17). The van der Waals surface area contributed by atoms with Gasteiger partial charge in [-0.1, -0.05) is 6.07 Å². The van der Waals surface area contributed by atoms with Gasteiger partial charge in [-0.3, -0.25) is 4.79 Å². The van der Waals surface area contributed by atoms with Crippen LogP contribution in [0.15, 0.2) is 39.4 Å². The van der Waals surface area contributed by atoms with Gasteiger partial charge in [-0.15, -0.1) is 0 Å². The Hall–Kier alpha value is -2.13. The Bertz CT molecular complexity index is 646. The number of carbonyl (C=O) groups is 1. The van der Waals surface area contributed by atoms with E-state index in [1.807, 2.05) is 0 Å². The van der Waals surface area contributed by atoms with Crippen molar-refractivity contribution in [2.45, 2.75) is 0 Å². The van der Waals surface area contributed by atoms with Crippen molar-refractivity contribution in [3.8, 4) is 6.07 Å². The third-order valence-corrected chi connectivity index (χ3v) is 2.60. The van der Waals surface area contributed by atoms with Crippen molar-refractivity contribution < 1.29 is 13.6 Å². The highest BCUT2D eigenvalue weighted by atomic mass is 79.9. The third-order valence-electron chi connectivity index (χ3n) is 2.17. The minimum absolute atomic E-state index is 0.0648. The highest BCUT2D eigenvalue weighted by Gasteiger charge is 2.14. The number of carbonyl (C=O) groups excluding carboxylic acids is 1. The lowest BCUT2D eigenvalue weighted by Crippen LogP contribution is -2.12. The van der Waals surface area contributed by atoms with Crippen LogP contribution in [0.3, 0.4) is 0 Å². The van der Waals surface area contributed by atoms with E-state index in [1.54, 1.807) is 12.1 Å². The number of furan rings is 1. The van der Waals surface area contributed by atoms with Crippen LogP contribution in [0.1, 0.15) is 16.1 Å². The normalized spacial score (nSPS) is 9.83. The van der Waals surface area contributed by atoms with Gasteiger partial charge in [-0.25, -0.2) is 4.39 Å². The number of anilines is 1. The van der Waals surface area contributed by atoms with E-state index < -0.39 is 11.7 Å². The molecule has 0 saturated heterocycles. The average molecular weight is 309 g/mol. The first-order valence-electron chi connectivity index (χ1n) is 4.87. The molecule has 2 aromatic rings. The van der Waals surface area contributed by atoms with Crippen molar-refractivity contribution in [2.75, 3.05) is 5.32 Å². The lowest BCUT2D eigenvalue weighted by Gasteiger charge is -2.05. The van der Waals surface area contributed by atoms with E-state index in [9.17, 15) is 9.18 Å². The molecule has 1 aromatic carbocycles. The maximum absolute atomic E-state index is 13.3. The fourth-order valence-corrected chi connectivity index (χ4v) is 1.67. The molecule has 0 aliphatic carbocycles. The summed E-state index contributed by atoms with van der Waals surface area (Å²) >= 11 is 3.07. The Labute approximate surface area is 110 Å². The molecule has 4 nitrogen and oxygen atoms in total. The van der Waals surface area contributed by atoms with Crippen LogP contribution in [0.25, 0.3) is 0 Å². The molecule has 0 radical (unpaired) electrons. The van der Waals surface area contributed by atoms with Gasteiger partial charge in [0.05, 0.1) is 5.69 Å². The van der Waals surface area contributed by atoms with Crippen molar-refractivity contribution >= 4 is 27.5 Å². The highest BCUT2D eigenvalue weighted by molar-refractivity contribution is 9.10. The molecular formula is C12H6BrFN2O2. The number of amides is 1. The second kappa shape index (κ2) is 5.02. The van der Waals surface area contributed by atoms with Gasteiger partial charge in [0, 0.05) is 0 Å². The van der Waals surface area contributed by atoms with Crippen molar-refractivity contribution in [2.24, 2.45) is 0 Å². The average Bonchev–Trinajstić information content (AvgIpc) is 2.76. The molecule has 0 aliphatic heterocycles. The van der Waals surface area contributed by atoms with Gasteiger partial charge in [-0.2, -0.15) is 5.26 Å². The molecule has 6 heteroatoms. The van der Waals surface area contributed by atoms with E-state index in [4.69, 9.17) is 9.68 Å². The minimum Gasteiger partial charge on any atom is -0.444 e. The maximum atomic E-state index is 13.3. The van der Waals surface area contributed by atoms with Crippen LogP contribution in [-0.2, 0) is 0 Å². The largest absolute Gasteiger partial charge is 0.444 e. The summed E-state index contributed by atoms with van der Waals surface area (Å²) in [5.74, 6) is -1.17. The van der Waals surface area contributed by atoms with Gasteiger partial charge in [0.2, 0.25) is 0 Å². The molecule has 90 valence electrons. The lowest BCUT2D eigenvalue weighted by atomic mass is 10.2. The Morgan fingerprint density at radius 3 is 2.78 bits per heavy atom. The van der Waals surface area contributed by atoms with Crippen molar-refractivity contribution in [1.29, 1.82) is 5.26 Å². The summed E-state index contributed by atoms with van der Waals surface area (Å²) in [7, 11) is 0. The van der Waals surface area contributed by atoms with Crippen LogP contribution in [-0.4, -0.2) is 5.91 Å². The maximum Gasteiger partial charge on any atom is 0.291 e. The Morgan fingerprint density at radius 2 is 2.17 bits per heavy atom. The van der Waals surface area contributed by atoms with Gasteiger partial charge in [-0.05, 0) is 40.2 Å². The second-order valence-electron chi connectivity index (χ2n) is 3.33. The van der Waals surface area contributed by atoms with Gasteiger partial charge in [0.15, 0.2) is 10.4 Å². The van der Waals surface area contributed by atoms with Crippen LogP contribution in [0.5, 0.6) is 0 Å². The number of nitrogens with zero attached hydrogens (tertiary/aromatic N) is 1. The summed E-state index contributed by atoms with van der Waals surface area (Å²) in [5.41, 5.74) is -0.105. The fourth-order valence-electron chi connectivity index (χ4n) is 1.36. The molecule has 0 aliphatic rings. The molecule has 0 fully saturated rings. The Kier molecular flexibility index (Phi) is 3.44. The van der Waals surface area contributed by atoms with Gasteiger partial charge >= 0.3 is 0 Å². The second-order valence-corrected chi connectivity index (χ2v) is 4.11. The van der Waals surface area contributed by atoms with Gasteiger partial charge in [0.25, 0.3) is 5.91 Å². The van der Waals surface area contributed by atoms with Gasteiger partial charge < -0.3 is 9.73 Å². The predicted octanol–water partition coefficient (Wildman–Crippen LogP) is 3.31. The van der Waals surface area contributed by atoms with E-state index in [0.717, 1.165) is 6.07 Å². The molecule has 18 heavy (non-hydrogen) atoms. The first-order valence-corrected chi connectivity index (χ1v) is 5.66. The van der Waals surface area contributed by atoms with Crippen LogP contribution in [0.2, 0.25) is 0 Å². The van der Waals surface area contributed by atoms with Crippen LogP contribution >= 0.6 is 15.9 Å². The smallest absolute Gasteiger partial charge is 0.291 e. The Balaban J connectivity index is 2.28. The van der Waals surface area contributed by atoms with E-state index in [2.05, 4.69) is 21.2 Å². The monoisotopic (exact) mass is 308 g/mol. The number of nitriles is 1. The zero-order valence-corrected chi connectivity index (χ0v) is 10.5. The molecule has 0 saturated carbocycles. The molecular weight excluding hydrogens is 303 g/mol. The summed E-state index contributed by atoms with van der Waals surface area (Å²) < 4.78 is 18.8. The zero-order valence-electron chi connectivity index (χ0n) is 8.91. The molecule has 0 unspecified atom stereocenters. The lowest BCUT2D eigenvalue weighted by molar-refractivity contribution is 0.0995. The van der Waals surface area contributed by atoms with Crippen molar-refractivity contribution in [3.05, 3.63) is 52.1 Å². The van der Waals surface area contributed by atoms with Crippen LogP contribution in [0, 0.1) is 17.1 Å². The molecule has 1 heterocycles. The summed E-state index contributed by atoms with van der Waals surface area (Å²) in [5, 5.41) is 11.2. The first-order chi connectivity index (χ1) is 8.61. The molecule has 0 bridgehead atoms. The number of hydrogen-bond acceptors (Lipinski definition) is 3.